The third-order valence-electron chi connectivity index (χ3n) is 4.29. The van der Waals surface area contributed by atoms with Crippen LogP contribution in [0.1, 0.15) is 51.5 Å². The minimum atomic E-state index is -0.275. The van der Waals surface area contributed by atoms with Crippen molar-refractivity contribution in [2.45, 2.75) is 52.5 Å². The molecule has 1 N–H and O–H groups in total. The molecule has 1 aliphatic rings. The monoisotopic (exact) mass is 355 g/mol. The van der Waals surface area contributed by atoms with E-state index in [1.165, 1.54) is 6.07 Å². The predicted octanol–water partition coefficient (Wildman–Crippen LogP) is 4.81. The van der Waals surface area contributed by atoms with Crippen LogP contribution in [0.4, 0.5) is 4.39 Å². The Hall–Kier alpha value is -0.900. The average Bonchev–Trinajstić information content (AvgIpc) is 2.88. The molecule has 0 radical (unpaired) electrons. The van der Waals surface area contributed by atoms with Crippen LogP contribution in [-0.2, 0) is 11.3 Å². The molecule has 0 atom stereocenters. The maximum atomic E-state index is 13.7. The number of benzene rings is 1. The maximum Gasteiger partial charge on any atom is 0.226 e. The summed E-state index contributed by atoms with van der Waals surface area (Å²) < 4.78 is 14.6. The first-order chi connectivity index (χ1) is 9.93. The van der Waals surface area contributed by atoms with Crippen molar-refractivity contribution in [3.63, 3.8) is 0 Å². The van der Waals surface area contributed by atoms with Crippen LogP contribution >= 0.6 is 15.9 Å². The lowest BCUT2D eigenvalue weighted by Crippen LogP contribution is -2.39. The molecule has 1 aromatic carbocycles. The topological polar surface area (TPSA) is 29.1 Å². The zero-order valence-electron chi connectivity index (χ0n) is 12.7. The first-order valence-corrected chi connectivity index (χ1v) is 8.44. The number of carbonyl (C=O) groups excluding carboxylic acids is 1. The van der Waals surface area contributed by atoms with E-state index in [0.29, 0.717) is 11.5 Å². The summed E-state index contributed by atoms with van der Waals surface area (Å²) >= 11 is 3.33. The molecule has 1 saturated carbocycles. The normalized spacial score (nSPS) is 17.2. The summed E-state index contributed by atoms with van der Waals surface area (Å²) in [5, 5.41) is 2.96. The van der Waals surface area contributed by atoms with Crippen molar-refractivity contribution in [3.8, 4) is 0 Å². The van der Waals surface area contributed by atoms with Crippen molar-refractivity contribution < 1.29 is 9.18 Å². The molecule has 1 fully saturated rings. The molecular formula is C17H23BrFNO. The Balaban J connectivity index is 2.04. The average molecular weight is 356 g/mol. The molecule has 4 heteroatoms. The molecule has 0 aromatic heterocycles. The van der Waals surface area contributed by atoms with Crippen molar-refractivity contribution in [3.05, 3.63) is 34.1 Å². The molecule has 21 heavy (non-hydrogen) atoms. The highest BCUT2D eigenvalue weighted by Gasteiger charge is 2.41. The third kappa shape index (κ3) is 4.06. The number of halogens is 2. The summed E-state index contributed by atoms with van der Waals surface area (Å²) in [6.45, 7) is 4.56. The van der Waals surface area contributed by atoms with Gasteiger partial charge in [-0.3, -0.25) is 4.79 Å². The zero-order chi connectivity index (χ0) is 15.5. The Morgan fingerprint density at radius 1 is 1.38 bits per heavy atom. The smallest absolute Gasteiger partial charge is 0.226 e. The van der Waals surface area contributed by atoms with Gasteiger partial charge in [0.05, 0.1) is 0 Å². The Bertz CT molecular complexity index is 510. The van der Waals surface area contributed by atoms with E-state index in [1.807, 2.05) is 0 Å². The van der Waals surface area contributed by atoms with Crippen LogP contribution in [0, 0.1) is 17.2 Å². The molecule has 0 spiro atoms. The first-order valence-electron chi connectivity index (χ1n) is 7.65. The van der Waals surface area contributed by atoms with Gasteiger partial charge < -0.3 is 5.32 Å². The van der Waals surface area contributed by atoms with Crippen molar-refractivity contribution in [1.82, 2.24) is 5.32 Å². The van der Waals surface area contributed by atoms with Gasteiger partial charge in [-0.15, -0.1) is 0 Å². The summed E-state index contributed by atoms with van der Waals surface area (Å²) in [6, 6.07) is 4.81. The largest absolute Gasteiger partial charge is 0.351 e. The lowest BCUT2D eigenvalue weighted by Gasteiger charge is -2.29. The number of nitrogens with one attached hydrogen (secondary N) is 1. The fourth-order valence-corrected chi connectivity index (χ4v) is 3.81. The van der Waals surface area contributed by atoms with Crippen LogP contribution in [-0.4, -0.2) is 5.91 Å². The number of hydrogen-bond acceptors (Lipinski definition) is 1. The second-order valence-electron chi connectivity index (χ2n) is 6.50. The van der Waals surface area contributed by atoms with Gasteiger partial charge in [0.1, 0.15) is 5.82 Å². The van der Waals surface area contributed by atoms with Gasteiger partial charge in [0.25, 0.3) is 0 Å². The second-order valence-corrected chi connectivity index (χ2v) is 7.42. The van der Waals surface area contributed by atoms with Crippen molar-refractivity contribution in [1.29, 1.82) is 0 Å². The van der Waals surface area contributed by atoms with E-state index in [9.17, 15) is 9.18 Å². The molecule has 116 valence electrons. The van der Waals surface area contributed by atoms with Crippen LogP contribution < -0.4 is 5.32 Å². The molecule has 1 aliphatic carbocycles. The minimum absolute atomic E-state index is 0.0908. The van der Waals surface area contributed by atoms with Gasteiger partial charge in [-0.2, -0.15) is 0 Å². The van der Waals surface area contributed by atoms with Crippen LogP contribution in [0.15, 0.2) is 22.7 Å². The number of carbonyl (C=O) groups is 1. The Kier molecular flexibility index (Phi) is 5.42. The van der Waals surface area contributed by atoms with Crippen LogP contribution in [0.5, 0.6) is 0 Å². The highest BCUT2D eigenvalue weighted by molar-refractivity contribution is 9.10. The molecule has 1 amide bonds. The van der Waals surface area contributed by atoms with Crippen LogP contribution in [0.2, 0.25) is 0 Å². The summed E-state index contributed by atoms with van der Waals surface area (Å²) in [4.78, 5) is 12.6. The Morgan fingerprint density at radius 3 is 2.67 bits per heavy atom. The number of hydrogen-bond donors (Lipinski definition) is 1. The fraction of sp³-hybridized carbons (Fsp3) is 0.588. The summed E-state index contributed by atoms with van der Waals surface area (Å²) in [6.07, 6.45) is 5.06. The molecule has 1 aromatic rings. The van der Waals surface area contributed by atoms with E-state index >= 15 is 0 Å². The molecule has 0 bridgehead atoms. The van der Waals surface area contributed by atoms with E-state index in [0.717, 1.165) is 36.6 Å². The number of amides is 1. The van der Waals surface area contributed by atoms with Gasteiger partial charge in [0.2, 0.25) is 5.91 Å². The van der Waals surface area contributed by atoms with Crippen molar-refractivity contribution in [2.24, 2.45) is 11.3 Å². The van der Waals surface area contributed by atoms with E-state index in [-0.39, 0.29) is 23.7 Å². The van der Waals surface area contributed by atoms with Gasteiger partial charge in [-0.1, -0.05) is 42.6 Å². The summed E-state index contributed by atoms with van der Waals surface area (Å²) in [5.41, 5.74) is 0.284. The quantitative estimate of drug-likeness (QED) is 0.806. The lowest BCUT2D eigenvalue weighted by atomic mass is 9.77. The molecule has 0 unspecified atom stereocenters. The van der Waals surface area contributed by atoms with E-state index in [1.54, 1.807) is 12.1 Å². The van der Waals surface area contributed by atoms with Gasteiger partial charge in [-0.25, -0.2) is 4.39 Å². The molecule has 2 nitrogen and oxygen atoms in total. The molecule has 0 saturated heterocycles. The van der Waals surface area contributed by atoms with E-state index < -0.39 is 0 Å². The van der Waals surface area contributed by atoms with Gasteiger partial charge in [-0.05, 0) is 43.4 Å². The zero-order valence-corrected chi connectivity index (χ0v) is 14.3. The SMILES string of the molecule is CC(C)CC1(C(=O)NCc2cc(Br)ccc2F)CCCC1. The summed E-state index contributed by atoms with van der Waals surface area (Å²) in [7, 11) is 0. The predicted molar refractivity (Wildman–Crippen MR) is 86.3 cm³/mol. The van der Waals surface area contributed by atoms with Gasteiger partial charge in [0, 0.05) is 22.0 Å². The van der Waals surface area contributed by atoms with Crippen LogP contribution in [0.25, 0.3) is 0 Å². The first kappa shape index (κ1) is 16.5. The standard InChI is InChI=1S/C17H23BrFNO/c1-12(2)10-17(7-3-4-8-17)16(21)20-11-13-9-14(18)5-6-15(13)19/h5-6,9,12H,3-4,7-8,10-11H2,1-2H3,(H,20,21). The third-order valence-corrected chi connectivity index (χ3v) is 4.78. The van der Waals surface area contributed by atoms with E-state index in [2.05, 4.69) is 35.1 Å². The highest BCUT2D eigenvalue weighted by Crippen LogP contribution is 2.43. The lowest BCUT2D eigenvalue weighted by molar-refractivity contribution is -0.132. The van der Waals surface area contributed by atoms with Gasteiger partial charge in [0.15, 0.2) is 0 Å². The van der Waals surface area contributed by atoms with Crippen molar-refractivity contribution in [2.75, 3.05) is 0 Å². The second kappa shape index (κ2) is 6.91. The minimum Gasteiger partial charge on any atom is -0.351 e. The van der Waals surface area contributed by atoms with Crippen LogP contribution in [0.3, 0.4) is 0 Å². The summed E-state index contributed by atoms with van der Waals surface area (Å²) in [5.74, 6) is 0.312. The van der Waals surface area contributed by atoms with Crippen molar-refractivity contribution >= 4 is 21.8 Å². The molecular weight excluding hydrogens is 333 g/mol. The molecule has 2 rings (SSSR count). The highest BCUT2D eigenvalue weighted by atomic mass is 79.9. The molecule has 0 heterocycles. The Morgan fingerprint density at radius 2 is 2.05 bits per heavy atom. The maximum absolute atomic E-state index is 13.7. The van der Waals surface area contributed by atoms with E-state index in [4.69, 9.17) is 0 Å². The molecule has 0 aliphatic heterocycles. The number of rotatable bonds is 5. The Labute approximate surface area is 134 Å². The fourth-order valence-electron chi connectivity index (χ4n) is 3.40. The van der Waals surface area contributed by atoms with Gasteiger partial charge >= 0.3 is 0 Å².